The van der Waals surface area contributed by atoms with Crippen molar-refractivity contribution in [3.63, 3.8) is 0 Å². The number of phenolic OH excluding ortho intramolecular Hbond substituents is 2. The van der Waals surface area contributed by atoms with E-state index in [9.17, 15) is 53.4 Å². The molecule has 3 fully saturated rings. The Morgan fingerprint density at radius 1 is 0.379 bits per heavy atom. The normalized spacial score (nSPS) is 25.7. The summed E-state index contributed by atoms with van der Waals surface area (Å²) >= 11 is 0. The van der Waals surface area contributed by atoms with Gasteiger partial charge < -0.3 is 85.1 Å². The van der Waals surface area contributed by atoms with Gasteiger partial charge in [-0.15, -0.1) is 0 Å². The predicted octanol–water partition coefficient (Wildman–Crippen LogP) is 1.03. The first-order chi connectivity index (χ1) is 45.2. The lowest BCUT2D eigenvalue weighted by atomic mass is 9.99. The highest BCUT2D eigenvalue weighted by Crippen LogP contribution is 2.25. The van der Waals surface area contributed by atoms with E-state index >= 15 is 9.59 Å². The number of phenols is 2. The summed E-state index contributed by atoms with van der Waals surface area (Å²) in [5.74, 6) is -9.44. The zero-order chi connectivity index (χ0) is 70.1. The molecule has 2 aromatic carbocycles. The first-order valence-corrected chi connectivity index (χ1v) is 34.2. The van der Waals surface area contributed by atoms with Crippen LogP contribution in [0.25, 0.3) is 0 Å². The zero-order valence-corrected chi connectivity index (χ0v) is 56.8. The molecule has 0 spiro atoms. The minimum atomic E-state index is -1.35. The van der Waals surface area contributed by atoms with Crippen LogP contribution in [0, 0.1) is 23.7 Å². The summed E-state index contributed by atoms with van der Waals surface area (Å²) in [4.78, 5) is 165. The highest BCUT2D eigenvalue weighted by molar-refractivity contribution is 6.00. The van der Waals surface area contributed by atoms with Crippen LogP contribution in [-0.4, -0.2) is 184 Å². The lowest BCUT2D eigenvalue weighted by molar-refractivity contribution is -0.143. The summed E-state index contributed by atoms with van der Waals surface area (Å²) < 4.78 is 0. The standard InChI is InChI=1S/C68H108N14O13/c1-39(2)35-50-61(88)72-47(17-9-12-30-69)60(87)77-52(37-43-22-26-45(83)27-23-43)67(94)81-33-15-20-54(81)63(90)79-57(42(7)8)66(93)74-49(19-11-14-32-71)59(86)76-51(36-40(3)4)62(89)78-53(38-44-24-28-46(84)29-25-44)68(95)82-34-16-21-55(82)64(91)80-56(41(5)6)65(92)73-48(58(85)75-50)18-10-13-31-70/h22-29,39-42,47-57,83-84H,9-21,30-38,69-71H2,1-8H3,(H,72,88)(H,73,92)(H,74,93)(H,75,85)(H,76,86)(H,77,87)(H,78,89)(H,79,90)(H,80,91)/t47-,48-,49-,50-,51-,52+,53-,54-,55-,56-,57-/m0/s1. The van der Waals surface area contributed by atoms with Crippen molar-refractivity contribution in [2.75, 3.05) is 32.7 Å². The molecule has 11 atom stereocenters. The Kier molecular flexibility index (Phi) is 31.6. The first-order valence-electron chi connectivity index (χ1n) is 34.2. The summed E-state index contributed by atoms with van der Waals surface area (Å²) in [6, 6.07) is -1.78. The fourth-order valence-corrected chi connectivity index (χ4v) is 12.3. The zero-order valence-electron chi connectivity index (χ0n) is 56.8. The molecule has 17 N–H and O–H groups in total. The number of rotatable bonds is 22. The van der Waals surface area contributed by atoms with E-state index in [1.54, 1.807) is 52.0 Å². The summed E-state index contributed by atoms with van der Waals surface area (Å²) in [6.45, 7) is 15.1. The fourth-order valence-electron chi connectivity index (χ4n) is 12.3. The van der Waals surface area contributed by atoms with E-state index in [0.29, 0.717) is 62.5 Å². The van der Waals surface area contributed by atoms with E-state index in [0.717, 1.165) is 0 Å². The van der Waals surface area contributed by atoms with Crippen molar-refractivity contribution in [2.45, 2.75) is 231 Å². The molecule has 0 aliphatic carbocycles. The minimum absolute atomic E-state index is 0.0459. The average Bonchev–Trinajstić information content (AvgIpc) is 1.85. The second-order valence-corrected chi connectivity index (χ2v) is 27.1. The highest BCUT2D eigenvalue weighted by atomic mass is 16.3. The van der Waals surface area contributed by atoms with Crippen LogP contribution in [0.4, 0.5) is 0 Å². The Bertz CT molecular complexity index is 2890. The first kappa shape index (κ1) is 77.8. The monoisotopic (exact) mass is 1330 g/mol. The van der Waals surface area contributed by atoms with Crippen LogP contribution in [0.3, 0.4) is 0 Å². The molecule has 3 aliphatic rings. The van der Waals surface area contributed by atoms with Crippen molar-refractivity contribution in [1.29, 1.82) is 0 Å². The third kappa shape index (κ3) is 24.1. The van der Waals surface area contributed by atoms with Gasteiger partial charge in [-0.2, -0.15) is 0 Å². The summed E-state index contributed by atoms with van der Waals surface area (Å²) in [6.07, 6.45) is 3.76. The van der Waals surface area contributed by atoms with Crippen molar-refractivity contribution in [2.24, 2.45) is 40.9 Å². The van der Waals surface area contributed by atoms with Gasteiger partial charge >= 0.3 is 0 Å². The summed E-state index contributed by atoms with van der Waals surface area (Å²) in [5, 5.41) is 46.0. The van der Waals surface area contributed by atoms with E-state index in [1.807, 2.05) is 27.7 Å². The fraction of sp³-hybridized carbons (Fsp3) is 0.662. The molecule has 3 aliphatic heterocycles. The van der Waals surface area contributed by atoms with Crippen LogP contribution >= 0.6 is 0 Å². The number of amides is 11. The number of unbranched alkanes of at least 4 members (excludes halogenated alkanes) is 3. The van der Waals surface area contributed by atoms with E-state index in [4.69, 9.17) is 17.2 Å². The lowest BCUT2D eigenvalue weighted by Crippen LogP contribution is -2.61. The van der Waals surface area contributed by atoms with Crippen molar-refractivity contribution >= 4 is 65.0 Å². The second-order valence-electron chi connectivity index (χ2n) is 27.1. The van der Waals surface area contributed by atoms with Gasteiger partial charge in [-0.1, -0.05) is 79.7 Å². The van der Waals surface area contributed by atoms with Gasteiger partial charge in [0, 0.05) is 25.9 Å². The average molecular weight is 1330 g/mol. The molecule has 528 valence electrons. The van der Waals surface area contributed by atoms with Crippen molar-refractivity contribution < 1.29 is 63.0 Å². The Labute approximate surface area is 559 Å². The molecule has 2 aromatic rings. The molecule has 3 heterocycles. The minimum Gasteiger partial charge on any atom is -0.508 e. The van der Waals surface area contributed by atoms with Crippen molar-refractivity contribution in [3.05, 3.63) is 59.7 Å². The quantitative estimate of drug-likeness (QED) is 0.0732. The number of carbonyl (C=O) groups excluding carboxylic acids is 11. The molecule has 0 saturated carbocycles. The Morgan fingerprint density at radius 2 is 0.663 bits per heavy atom. The van der Waals surface area contributed by atoms with Gasteiger partial charge in [-0.25, -0.2) is 0 Å². The molecule has 5 rings (SSSR count). The maximum Gasteiger partial charge on any atom is 0.246 e. The number of carbonyl (C=O) groups is 11. The van der Waals surface area contributed by atoms with Crippen LogP contribution in [0.15, 0.2) is 48.5 Å². The number of nitrogens with two attached hydrogens (primary N) is 3. The molecule has 95 heavy (non-hydrogen) atoms. The second kappa shape index (κ2) is 38.6. The predicted molar refractivity (Wildman–Crippen MR) is 358 cm³/mol. The molecule has 0 radical (unpaired) electrons. The maximum atomic E-state index is 15.1. The molecule has 0 aromatic heterocycles. The molecule has 11 amide bonds. The van der Waals surface area contributed by atoms with Gasteiger partial charge in [-0.3, -0.25) is 52.7 Å². The van der Waals surface area contributed by atoms with Crippen LogP contribution in [-0.2, 0) is 65.6 Å². The SMILES string of the molecule is CC(C)C[C@@H]1NC(=O)[C@H](CCCCN)NC(=O)[C@H](C(C)C)NC(=O)[C@@H]2CCCN2C(=O)[C@H](Cc2ccc(O)cc2)NC(=O)[C@H](CC(C)C)NC(=O)[C@H](CCCCN)NC(=O)[C@H](C(C)C)NC(=O)[C@@H]2CCCN2C(=O)[C@@H](Cc2ccc(O)cc2)NC(=O)[C@H](CCCCN)NC1=O. The summed E-state index contributed by atoms with van der Waals surface area (Å²) in [7, 11) is 0. The van der Waals surface area contributed by atoms with E-state index < -0.39 is 143 Å². The third-order valence-electron chi connectivity index (χ3n) is 17.6. The molecule has 27 heteroatoms. The van der Waals surface area contributed by atoms with E-state index in [2.05, 4.69) is 47.9 Å². The van der Waals surface area contributed by atoms with Crippen molar-refractivity contribution in [3.8, 4) is 11.5 Å². The van der Waals surface area contributed by atoms with Gasteiger partial charge in [-0.05, 0) is 175 Å². The van der Waals surface area contributed by atoms with Crippen LogP contribution in [0.5, 0.6) is 11.5 Å². The number of hydrogen-bond donors (Lipinski definition) is 14. The number of hydrogen-bond acceptors (Lipinski definition) is 16. The molecule has 3 saturated heterocycles. The number of benzene rings is 2. The molecule has 27 nitrogen and oxygen atoms in total. The van der Waals surface area contributed by atoms with Crippen LogP contribution in [0.1, 0.15) is 163 Å². The van der Waals surface area contributed by atoms with Crippen LogP contribution in [0.2, 0.25) is 0 Å². The number of fused-ring (bicyclic) bond motifs is 2. The Hall–Kier alpha value is -7.91. The largest absolute Gasteiger partial charge is 0.508 e. The Balaban J connectivity index is 1.63. The number of nitrogens with zero attached hydrogens (tertiary/aromatic N) is 2. The van der Waals surface area contributed by atoms with E-state index in [-0.39, 0.29) is 114 Å². The topological polar surface area (TPSA) is 421 Å². The van der Waals surface area contributed by atoms with Crippen LogP contribution < -0.4 is 65.1 Å². The number of nitrogens with one attached hydrogen (secondary N) is 9. The maximum absolute atomic E-state index is 15.1. The van der Waals surface area contributed by atoms with Crippen molar-refractivity contribution in [1.82, 2.24) is 57.7 Å². The highest BCUT2D eigenvalue weighted by Gasteiger charge is 2.44. The van der Waals surface area contributed by atoms with Gasteiger partial charge in [0.05, 0.1) is 0 Å². The Morgan fingerprint density at radius 3 is 0.958 bits per heavy atom. The molecule has 0 bridgehead atoms. The van der Waals surface area contributed by atoms with Gasteiger partial charge in [0.25, 0.3) is 0 Å². The van der Waals surface area contributed by atoms with Gasteiger partial charge in [0.2, 0.25) is 65.0 Å². The van der Waals surface area contributed by atoms with Gasteiger partial charge in [0.15, 0.2) is 0 Å². The van der Waals surface area contributed by atoms with E-state index in [1.165, 1.54) is 34.1 Å². The molecule has 0 unspecified atom stereocenters. The molecular formula is C68H108N14O13. The third-order valence-corrected chi connectivity index (χ3v) is 17.6. The molecular weight excluding hydrogens is 1220 g/mol. The summed E-state index contributed by atoms with van der Waals surface area (Å²) in [5.41, 5.74) is 18.7. The van der Waals surface area contributed by atoms with Gasteiger partial charge in [0.1, 0.15) is 78.0 Å². The lowest BCUT2D eigenvalue weighted by Gasteiger charge is -2.32. The smallest absolute Gasteiger partial charge is 0.246 e. The number of aromatic hydroxyl groups is 2.